The van der Waals surface area contributed by atoms with Gasteiger partial charge < -0.3 is 14.8 Å². The van der Waals surface area contributed by atoms with Crippen LogP contribution in [0, 0.1) is 3.57 Å². The Bertz CT molecular complexity index is 628. The lowest BCUT2D eigenvalue weighted by atomic mass is 10.1. The predicted octanol–water partition coefficient (Wildman–Crippen LogP) is 3.43. The van der Waals surface area contributed by atoms with Crippen molar-refractivity contribution in [2.24, 2.45) is 0 Å². The first-order valence-corrected chi connectivity index (χ1v) is 8.54. The number of hydrogen-bond donors (Lipinski definition) is 1. The van der Waals surface area contributed by atoms with E-state index in [1.54, 1.807) is 7.11 Å². The molecule has 0 aromatic heterocycles. The number of aryl methyl sites for hydroxylation is 1. The van der Waals surface area contributed by atoms with Crippen LogP contribution in [0.5, 0.6) is 11.5 Å². The van der Waals surface area contributed by atoms with Crippen molar-refractivity contribution in [2.75, 3.05) is 20.3 Å². The molecule has 0 atom stereocenters. The SMILES string of the molecule is COc1ccccc1CCCNC(=O)COc1ccc(I)cc1. The minimum atomic E-state index is -0.108. The van der Waals surface area contributed by atoms with Gasteiger partial charge >= 0.3 is 0 Å². The average Bonchev–Trinajstić information content (AvgIpc) is 2.58. The summed E-state index contributed by atoms with van der Waals surface area (Å²) in [5.41, 5.74) is 1.15. The lowest BCUT2D eigenvalue weighted by molar-refractivity contribution is -0.123. The number of ether oxygens (including phenoxy) is 2. The van der Waals surface area contributed by atoms with Gasteiger partial charge in [-0.2, -0.15) is 0 Å². The highest BCUT2D eigenvalue weighted by atomic mass is 127. The van der Waals surface area contributed by atoms with Crippen molar-refractivity contribution >= 4 is 28.5 Å². The topological polar surface area (TPSA) is 47.6 Å². The molecule has 0 aliphatic rings. The van der Waals surface area contributed by atoms with Crippen LogP contribution >= 0.6 is 22.6 Å². The number of benzene rings is 2. The standard InChI is InChI=1S/C18H20INO3/c1-22-17-7-3-2-5-14(17)6-4-12-20-18(21)13-23-16-10-8-15(19)9-11-16/h2-3,5,7-11H,4,6,12-13H2,1H3,(H,20,21). The third-order valence-electron chi connectivity index (χ3n) is 3.32. The van der Waals surface area contributed by atoms with Gasteiger partial charge in [-0.25, -0.2) is 0 Å². The quantitative estimate of drug-likeness (QED) is 0.521. The molecular formula is C18H20INO3. The Labute approximate surface area is 150 Å². The third-order valence-corrected chi connectivity index (χ3v) is 4.04. The van der Waals surface area contributed by atoms with Crippen LogP contribution in [0.2, 0.25) is 0 Å². The molecule has 0 fully saturated rings. The highest BCUT2D eigenvalue weighted by Crippen LogP contribution is 2.18. The largest absolute Gasteiger partial charge is 0.496 e. The molecule has 5 heteroatoms. The van der Waals surface area contributed by atoms with E-state index in [1.165, 1.54) is 0 Å². The van der Waals surface area contributed by atoms with Crippen LogP contribution in [0.15, 0.2) is 48.5 Å². The highest BCUT2D eigenvalue weighted by Gasteiger charge is 2.04. The van der Waals surface area contributed by atoms with Crippen LogP contribution in [0.4, 0.5) is 0 Å². The van der Waals surface area contributed by atoms with E-state index in [9.17, 15) is 4.79 Å². The van der Waals surface area contributed by atoms with Crippen molar-refractivity contribution < 1.29 is 14.3 Å². The number of amides is 1. The van der Waals surface area contributed by atoms with Crippen molar-refractivity contribution in [3.63, 3.8) is 0 Å². The van der Waals surface area contributed by atoms with Gasteiger partial charge in [-0.1, -0.05) is 18.2 Å². The fraction of sp³-hybridized carbons (Fsp3) is 0.278. The summed E-state index contributed by atoms with van der Waals surface area (Å²) in [5.74, 6) is 1.49. The maximum Gasteiger partial charge on any atom is 0.257 e. The van der Waals surface area contributed by atoms with Crippen molar-refractivity contribution in [1.82, 2.24) is 5.32 Å². The van der Waals surface area contributed by atoms with Gasteiger partial charge in [-0.3, -0.25) is 4.79 Å². The number of carbonyl (C=O) groups excluding carboxylic acids is 1. The smallest absolute Gasteiger partial charge is 0.257 e. The second kappa shape index (κ2) is 9.39. The second-order valence-corrected chi connectivity index (χ2v) is 6.25. The van der Waals surface area contributed by atoms with Crippen LogP contribution in [-0.2, 0) is 11.2 Å². The molecular weight excluding hydrogens is 405 g/mol. The van der Waals surface area contributed by atoms with E-state index in [1.807, 2.05) is 48.5 Å². The summed E-state index contributed by atoms with van der Waals surface area (Å²) in [6, 6.07) is 15.5. The van der Waals surface area contributed by atoms with Gasteiger partial charge in [0.05, 0.1) is 7.11 Å². The number of nitrogens with one attached hydrogen (secondary N) is 1. The van der Waals surface area contributed by atoms with E-state index in [2.05, 4.69) is 27.9 Å². The summed E-state index contributed by atoms with van der Waals surface area (Å²) in [5, 5.41) is 2.87. The maximum absolute atomic E-state index is 11.8. The van der Waals surface area contributed by atoms with Crippen molar-refractivity contribution in [3.8, 4) is 11.5 Å². The molecule has 0 unspecified atom stereocenters. The first kappa shape index (κ1) is 17.6. The molecule has 0 saturated carbocycles. The summed E-state index contributed by atoms with van der Waals surface area (Å²) in [6.07, 6.45) is 1.72. The van der Waals surface area contributed by atoms with Crippen molar-refractivity contribution in [2.45, 2.75) is 12.8 Å². The fourth-order valence-corrected chi connectivity index (χ4v) is 2.51. The molecule has 0 aliphatic carbocycles. The number of halogens is 1. The second-order valence-electron chi connectivity index (χ2n) is 5.01. The summed E-state index contributed by atoms with van der Waals surface area (Å²) in [4.78, 5) is 11.8. The van der Waals surface area contributed by atoms with E-state index in [0.717, 1.165) is 27.7 Å². The first-order valence-electron chi connectivity index (χ1n) is 7.46. The molecule has 122 valence electrons. The van der Waals surface area contributed by atoms with E-state index in [-0.39, 0.29) is 12.5 Å². The average molecular weight is 425 g/mol. The van der Waals surface area contributed by atoms with Crippen LogP contribution < -0.4 is 14.8 Å². The van der Waals surface area contributed by atoms with Crippen LogP contribution in [0.1, 0.15) is 12.0 Å². The predicted molar refractivity (Wildman–Crippen MR) is 99.0 cm³/mol. The molecule has 0 bridgehead atoms. The first-order chi connectivity index (χ1) is 11.2. The number of para-hydroxylation sites is 1. The summed E-state index contributed by atoms with van der Waals surface area (Å²) in [7, 11) is 1.67. The summed E-state index contributed by atoms with van der Waals surface area (Å²) in [6.45, 7) is 0.655. The Morgan fingerprint density at radius 2 is 1.87 bits per heavy atom. The van der Waals surface area contributed by atoms with E-state index < -0.39 is 0 Å². The number of methoxy groups -OCH3 is 1. The number of carbonyl (C=O) groups is 1. The van der Waals surface area contributed by atoms with Crippen LogP contribution in [0.25, 0.3) is 0 Å². The molecule has 0 spiro atoms. The zero-order valence-corrected chi connectivity index (χ0v) is 15.2. The molecule has 1 amide bonds. The van der Waals surface area contributed by atoms with Gasteiger partial charge in [0.1, 0.15) is 11.5 Å². The Kier molecular flexibility index (Phi) is 7.19. The van der Waals surface area contributed by atoms with Gasteiger partial charge in [0, 0.05) is 10.1 Å². The lowest BCUT2D eigenvalue weighted by Crippen LogP contribution is -2.29. The monoisotopic (exact) mass is 425 g/mol. The molecule has 0 saturated heterocycles. The zero-order chi connectivity index (χ0) is 16.5. The van der Waals surface area contributed by atoms with Crippen LogP contribution in [0.3, 0.4) is 0 Å². The Morgan fingerprint density at radius 3 is 2.61 bits per heavy atom. The third kappa shape index (κ3) is 6.09. The Hall–Kier alpha value is -1.76. The fourth-order valence-electron chi connectivity index (χ4n) is 2.15. The molecule has 0 aliphatic heterocycles. The highest BCUT2D eigenvalue weighted by molar-refractivity contribution is 14.1. The minimum absolute atomic E-state index is 0.0370. The lowest BCUT2D eigenvalue weighted by Gasteiger charge is -2.09. The molecule has 2 aromatic rings. The molecule has 23 heavy (non-hydrogen) atoms. The summed E-state index contributed by atoms with van der Waals surface area (Å²) < 4.78 is 11.9. The maximum atomic E-state index is 11.8. The Balaban J connectivity index is 1.66. The van der Waals surface area contributed by atoms with E-state index in [0.29, 0.717) is 12.3 Å². The minimum Gasteiger partial charge on any atom is -0.496 e. The van der Waals surface area contributed by atoms with Gasteiger partial charge in [0.2, 0.25) is 0 Å². The van der Waals surface area contributed by atoms with Gasteiger partial charge in [0.15, 0.2) is 6.61 Å². The van der Waals surface area contributed by atoms with Gasteiger partial charge in [-0.05, 0) is 71.3 Å². The van der Waals surface area contributed by atoms with Gasteiger partial charge in [-0.15, -0.1) is 0 Å². The van der Waals surface area contributed by atoms with Crippen LogP contribution in [-0.4, -0.2) is 26.2 Å². The number of rotatable bonds is 8. The van der Waals surface area contributed by atoms with E-state index in [4.69, 9.17) is 9.47 Å². The molecule has 2 aromatic carbocycles. The zero-order valence-electron chi connectivity index (χ0n) is 13.0. The Morgan fingerprint density at radius 1 is 1.13 bits per heavy atom. The van der Waals surface area contributed by atoms with Crippen molar-refractivity contribution in [1.29, 1.82) is 0 Å². The van der Waals surface area contributed by atoms with Gasteiger partial charge in [0.25, 0.3) is 5.91 Å². The normalized spacial score (nSPS) is 10.2. The summed E-state index contributed by atoms with van der Waals surface area (Å²) >= 11 is 2.23. The van der Waals surface area contributed by atoms with E-state index >= 15 is 0 Å². The van der Waals surface area contributed by atoms with Crippen molar-refractivity contribution in [3.05, 3.63) is 57.7 Å². The molecule has 4 nitrogen and oxygen atoms in total. The number of hydrogen-bond acceptors (Lipinski definition) is 3. The molecule has 2 rings (SSSR count). The molecule has 0 radical (unpaired) electrons. The molecule has 0 heterocycles. The molecule has 1 N–H and O–H groups in total.